The summed E-state index contributed by atoms with van der Waals surface area (Å²) < 4.78 is 0. The Morgan fingerprint density at radius 3 is 2.56 bits per heavy atom. The zero-order valence-corrected chi connectivity index (χ0v) is 11.0. The first-order valence-electron chi connectivity index (χ1n) is 6.02. The van der Waals surface area contributed by atoms with Crippen LogP contribution in [-0.2, 0) is 6.42 Å². The fourth-order valence-electron chi connectivity index (χ4n) is 1.72. The second-order valence-electron chi connectivity index (χ2n) is 4.85. The van der Waals surface area contributed by atoms with Gasteiger partial charge in [0.15, 0.2) is 0 Å². The van der Waals surface area contributed by atoms with Gasteiger partial charge in [0.05, 0.1) is 0 Å². The molecule has 1 aromatic carbocycles. The summed E-state index contributed by atoms with van der Waals surface area (Å²) in [5.74, 6) is 0.603. The zero-order valence-electron chi connectivity index (χ0n) is 11.0. The van der Waals surface area contributed by atoms with Gasteiger partial charge in [-0.05, 0) is 43.0 Å². The van der Waals surface area contributed by atoms with E-state index in [2.05, 4.69) is 50.9 Å². The summed E-state index contributed by atoms with van der Waals surface area (Å²) in [5, 5.41) is 0. The Bertz CT molecular complexity index is 332. The van der Waals surface area contributed by atoms with Crippen molar-refractivity contribution in [1.82, 2.24) is 4.90 Å². The zero-order chi connectivity index (χ0) is 12.1. The molecule has 0 atom stereocenters. The Labute approximate surface area is 99.5 Å². The van der Waals surface area contributed by atoms with E-state index in [1.807, 2.05) is 0 Å². The lowest BCUT2D eigenvalue weighted by atomic mass is 9.96. The Balaban J connectivity index is 2.74. The van der Waals surface area contributed by atoms with Crippen LogP contribution >= 0.6 is 0 Å². The highest BCUT2D eigenvalue weighted by molar-refractivity contribution is 5.32. The van der Waals surface area contributed by atoms with Gasteiger partial charge >= 0.3 is 0 Å². The number of nitrogens with two attached hydrogens (primary N) is 1. The van der Waals surface area contributed by atoms with E-state index in [-0.39, 0.29) is 0 Å². The van der Waals surface area contributed by atoms with Crippen molar-refractivity contribution in [3.63, 3.8) is 0 Å². The second kappa shape index (κ2) is 6.02. The van der Waals surface area contributed by atoms with E-state index in [9.17, 15) is 0 Å². The van der Waals surface area contributed by atoms with Crippen molar-refractivity contribution < 1.29 is 0 Å². The van der Waals surface area contributed by atoms with Gasteiger partial charge in [-0.15, -0.1) is 0 Å². The number of likely N-dealkylation sites (N-methyl/N-ethyl adjacent to an activating group) is 1. The third-order valence-corrected chi connectivity index (χ3v) is 3.11. The van der Waals surface area contributed by atoms with Crippen LogP contribution in [-0.4, -0.2) is 25.2 Å². The van der Waals surface area contributed by atoms with Gasteiger partial charge in [-0.2, -0.15) is 0 Å². The summed E-state index contributed by atoms with van der Waals surface area (Å²) in [6.07, 6.45) is 1.08. The molecular formula is C14H24N2. The first kappa shape index (κ1) is 13.2. The molecule has 0 spiro atoms. The number of hydrogen-bond acceptors (Lipinski definition) is 2. The van der Waals surface area contributed by atoms with Crippen LogP contribution in [0.2, 0.25) is 0 Å². The quantitative estimate of drug-likeness (QED) is 0.773. The minimum atomic E-state index is 0.603. The maximum absolute atomic E-state index is 5.58. The predicted molar refractivity (Wildman–Crippen MR) is 70.7 cm³/mol. The standard InChI is InChI=1S/C14H24N2/c1-11(2)13-6-5-12(3)14(9-13)7-8-16(4)10-15/h5-6,9,11H,7-8,10,15H2,1-4H3. The van der Waals surface area contributed by atoms with E-state index in [1.54, 1.807) is 0 Å². The van der Waals surface area contributed by atoms with E-state index in [0.717, 1.165) is 13.0 Å². The Morgan fingerprint density at radius 2 is 2.00 bits per heavy atom. The van der Waals surface area contributed by atoms with Crippen LogP contribution < -0.4 is 5.73 Å². The third-order valence-electron chi connectivity index (χ3n) is 3.11. The molecule has 2 nitrogen and oxygen atoms in total. The molecule has 0 aliphatic heterocycles. The largest absolute Gasteiger partial charge is 0.318 e. The lowest BCUT2D eigenvalue weighted by molar-refractivity contribution is 0.349. The molecule has 0 aromatic heterocycles. The summed E-state index contributed by atoms with van der Waals surface area (Å²) in [4.78, 5) is 2.14. The lowest BCUT2D eigenvalue weighted by Gasteiger charge is -2.16. The Hall–Kier alpha value is -0.860. The maximum atomic E-state index is 5.58. The van der Waals surface area contributed by atoms with Crippen LogP contribution in [0.3, 0.4) is 0 Å². The summed E-state index contributed by atoms with van der Waals surface area (Å²) >= 11 is 0. The van der Waals surface area contributed by atoms with Crippen LogP contribution in [0.4, 0.5) is 0 Å². The van der Waals surface area contributed by atoms with Crippen molar-refractivity contribution in [3.05, 3.63) is 34.9 Å². The first-order chi connectivity index (χ1) is 7.54. The molecule has 0 radical (unpaired) electrons. The Kier molecular flexibility index (Phi) is 4.97. The maximum Gasteiger partial charge on any atom is 0.0452 e. The van der Waals surface area contributed by atoms with Crippen LogP contribution in [0.15, 0.2) is 18.2 Å². The molecule has 0 saturated carbocycles. The molecule has 1 rings (SSSR count). The van der Waals surface area contributed by atoms with Gasteiger partial charge in [0.25, 0.3) is 0 Å². The molecule has 0 unspecified atom stereocenters. The smallest absolute Gasteiger partial charge is 0.0452 e. The molecule has 2 N–H and O–H groups in total. The van der Waals surface area contributed by atoms with E-state index in [4.69, 9.17) is 5.73 Å². The minimum Gasteiger partial charge on any atom is -0.318 e. The highest BCUT2D eigenvalue weighted by Gasteiger charge is 2.04. The molecule has 90 valence electrons. The van der Waals surface area contributed by atoms with Crippen LogP contribution in [0.1, 0.15) is 36.5 Å². The SMILES string of the molecule is Cc1ccc(C(C)C)cc1CCN(C)CN. The summed E-state index contributed by atoms with van der Waals surface area (Å²) in [7, 11) is 2.06. The number of benzene rings is 1. The normalized spacial score (nSPS) is 11.4. The summed E-state index contributed by atoms with van der Waals surface area (Å²) in [6.45, 7) is 8.31. The highest BCUT2D eigenvalue weighted by atomic mass is 15.1. The van der Waals surface area contributed by atoms with E-state index >= 15 is 0 Å². The fraction of sp³-hybridized carbons (Fsp3) is 0.571. The fourth-order valence-corrected chi connectivity index (χ4v) is 1.72. The van der Waals surface area contributed by atoms with Crippen molar-refractivity contribution in [2.75, 3.05) is 20.3 Å². The Morgan fingerprint density at radius 1 is 1.31 bits per heavy atom. The number of aryl methyl sites for hydroxylation is 1. The van der Waals surface area contributed by atoms with E-state index in [0.29, 0.717) is 12.6 Å². The molecule has 2 heteroatoms. The van der Waals surface area contributed by atoms with Gasteiger partial charge in [-0.25, -0.2) is 0 Å². The molecule has 0 bridgehead atoms. The van der Waals surface area contributed by atoms with E-state index in [1.165, 1.54) is 16.7 Å². The summed E-state index contributed by atoms with van der Waals surface area (Å²) in [6, 6.07) is 6.80. The van der Waals surface area contributed by atoms with Gasteiger partial charge in [0, 0.05) is 13.2 Å². The van der Waals surface area contributed by atoms with Crippen molar-refractivity contribution in [1.29, 1.82) is 0 Å². The molecule has 0 aliphatic rings. The first-order valence-corrected chi connectivity index (χ1v) is 6.02. The number of nitrogens with zero attached hydrogens (tertiary/aromatic N) is 1. The lowest BCUT2D eigenvalue weighted by Crippen LogP contribution is -2.27. The van der Waals surface area contributed by atoms with Crippen LogP contribution in [0.25, 0.3) is 0 Å². The average molecular weight is 220 g/mol. The van der Waals surface area contributed by atoms with Crippen molar-refractivity contribution in [3.8, 4) is 0 Å². The molecule has 16 heavy (non-hydrogen) atoms. The second-order valence-corrected chi connectivity index (χ2v) is 4.85. The van der Waals surface area contributed by atoms with Crippen LogP contribution in [0.5, 0.6) is 0 Å². The van der Waals surface area contributed by atoms with Crippen LogP contribution in [0, 0.1) is 6.92 Å². The van der Waals surface area contributed by atoms with Crippen molar-refractivity contribution >= 4 is 0 Å². The number of rotatable bonds is 5. The average Bonchev–Trinajstić information content (AvgIpc) is 2.27. The molecule has 0 saturated heterocycles. The van der Waals surface area contributed by atoms with Gasteiger partial charge in [0.2, 0.25) is 0 Å². The predicted octanol–water partition coefficient (Wildman–Crippen LogP) is 2.51. The minimum absolute atomic E-state index is 0.603. The molecule has 1 aromatic rings. The van der Waals surface area contributed by atoms with Gasteiger partial charge < -0.3 is 5.73 Å². The van der Waals surface area contributed by atoms with Gasteiger partial charge in [-0.1, -0.05) is 32.0 Å². The van der Waals surface area contributed by atoms with E-state index < -0.39 is 0 Å². The molecule has 0 amide bonds. The summed E-state index contributed by atoms with van der Waals surface area (Å²) in [5.41, 5.74) is 9.84. The highest BCUT2D eigenvalue weighted by Crippen LogP contribution is 2.19. The monoisotopic (exact) mass is 220 g/mol. The third kappa shape index (κ3) is 3.62. The van der Waals surface area contributed by atoms with Crippen molar-refractivity contribution in [2.24, 2.45) is 5.73 Å². The molecule has 0 heterocycles. The molecule has 0 fully saturated rings. The topological polar surface area (TPSA) is 29.3 Å². The number of hydrogen-bond donors (Lipinski definition) is 1. The van der Waals surface area contributed by atoms with Gasteiger partial charge in [-0.3, -0.25) is 4.90 Å². The van der Waals surface area contributed by atoms with Gasteiger partial charge in [0.1, 0.15) is 0 Å². The molecule has 0 aliphatic carbocycles. The molecular weight excluding hydrogens is 196 g/mol. The van der Waals surface area contributed by atoms with Crippen molar-refractivity contribution in [2.45, 2.75) is 33.1 Å².